The molecule has 0 saturated carbocycles. The van der Waals surface area contributed by atoms with Gasteiger partial charge in [-0.3, -0.25) is 14.5 Å². The van der Waals surface area contributed by atoms with Crippen LogP contribution >= 0.6 is 0 Å². The molecule has 0 radical (unpaired) electrons. The first-order chi connectivity index (χ1) is 10.9. The van der Waals surface area contributed by atoms with Crippen LogP contribution in [0.15, 0.2) is 24.3 Å². The summed E-state index contributed by atoms with van der Waals surface area (Å²) >= 11 is 0. The van der Waals surface area contributed by atoms with Gasteiger partial charge in [-0.05, 0) is 44.2 Å². The summed E-state index contributed by atoms with van der Waals surface area (Å²) in [4.78, 5) is 24.9. The summed E-state index contributed by atoms with van der Waals surface area (Å²) < 4.78 is 28.3. The third kappa shape index (κ3) is 4.62. The Balaban J connectivity index is 1.90. The predicted octanol–water partition coefficient (Wildman–Crippen LogP) is 2.02. The fourth-order valence-electron chi connectivity index (χ4n) is 2.47. The number of carboxylic acid groups (broad SMARTS) is 1. The Bertz CT molecular complexity index is 565. The Kier molecular flexibility index (Phi) is 5.49. The number of anilines is 1. The second kappa shape index (κ2) is 7.36. The number of hydrogen-bond donors (Lipinski definition) is 2. The van der Waals surface area contributed by atoms with Crippen LogP contribution in [0.3, 0.4) is 0 Å². The van der Waals surface area contributed by atoms with E-state index in [0.29, 0.717) is 25.2 Å². The topological polar surface area (TPSA) is 78.9 Å². The van der Waals surface area contributed by atoms with E-state index < -0.39 is 24.5 Å². The number of ether oxygens (including phenoxy) is 1. The van der Waals surface area contributed by atoms with Gasteiger partial charge in [-0.15, -0.1) is 0 Å². The highest BCUT2D eigenvalue weighted by Crippen LogP contribution is 2.21. The minimum absolute atomic E-state index is 0.00916. The van der Waals surface area contributed by atoms with E-state index in [2.05, 4.69) is 10.1 Å². The van der Waals surface area contributed by atoms with Gasteiger partial charge < -0.3 is 15.2 Å². The summed E-state index contributed by atoms with van der Waals surface area (Å²) in [6.07, 6.45) is 0.520. The van der Waals surface area contributed by atoms with E-state index in [4.69, 9.17) is 5.11 Å². The van der Waals surface area contributed by atoms with Crippen molar-refractivity contribution in [2.45, 2.75) is 26.0 Å². The van der Waals surface area contributed by atoms with Gasteiger partial charge in [0.15, 0.2) is 0 Å². The summed E-state index contributed by atoms with van der Waals surface area (Å²) in [5.74, 6) is -1.57. The molecule has 1 amide bonds. The monoisotopic (exact) mass is 328 g/mol. The standard InChI is InChI=1S/C15H18F2N2O4/c1-9(19-7-6-10(8-19)14(21)22)13(20)18-11-2-4-12(5-3-11)23-15(16)17/h2-5,9-10,15H,6-8H2,1H3,(H,18,20)(H,21,22). The van der Waals surface area contributed by atoms with Crippen LogP contribution in [0.2, 0.25) is 0 Å². The van der Waals surface area contributed by atoms with Crippen molar-refractivity contribution in [2.75, 3.05) is 18.4 Å². The predicted molar refractivity (Wildman–Crippen MR) is 78.5 cm³/mol. The molecule has 0 spiro atoms. The van der Waals surface area contributed by atoms with Gasteiger partial charge >= 0.3 is 12.6 Å². The highest BCUT2D eigenvalue weighted by atomic mass is 19.3. The average Bonchev–Trinajstić information content (AvgIpc) is 2.98. The number of aliphatic carboxylic acids is 1. The van der Waals surface area contributed by atoms with Crippen LogP contribution in [0, 0.1) is 5.92 Å². The van der Waals surface area contributed by atoms with Crippen LogP contribution in [0.1, 0.15) is 13.3 Å². The number of alkyl halides is 2. The minimum atomic E-state index is -2.90. The third-order valence-corrected chi connectivity index (χ3v) is 3.84. The van der Waals surface area contributed by atoms with E-state index in [1.807, 2.05) is 4.90 Å². The number of rotatable bonds is 6. The highest BCUT2D eigenvalue weighted by molar-refractivity contribution is 5.94. The number of halogens is 2. The van der Waals surface area contributed by atoms with Crippen molar-refractivity contribution in [1.82, 2.24) is 4.90 Å². The van der Waals surface area contributed by atoms with Crippen LogP contribution < -0.4 is 10.1 Å². The van der Waals surface area contributed by atoms with Crippen LogP contribution in [0.4, 0.5) is 14.5 Å². The fourth-order valence-corrected chi connectivity index (χ4v) is 2.47. The Morgan fingerprint density at radius 2 is 2.00 bits per heavy atom. The van der Waals surface area contributed by atoms with Gasteiger partial charge in [-0.1, -0.05) is 0 Å². The van der Waals surface area contributed by atoms with Crippen molar-refractivity contribution in [3.8, 4) is 5.75 Å². The summed E-state index contributed by atoms with van der Waals surface area (Å²) in [7, 11) is 0. The molecule has 23 heavy (non-hydrogen) atoms. The molecule has 6 nitrogen and oxygen atoms in total. The molecule has 8 heteroatoms. The number of benzene rings is 1. The van der Waals surface area contributed by atoms with Crippen LogP contribution in [-0.4, -0.2) is 47.6 Å². The highest BCUT2D eigenvalue weighted by Gasteiger charge is 2.33. The molecule has 126 valence electrons. The van der Waals surface area contributed by atoms with Gasteiger partial charge in [0, 0.05) is 12.2 Å². The first-order valence-corrected chi connectivity index (χ1v) is 7.19. The number of nitrogens with zero attached hydrogens (tertiary/aromatic N) is 1. The molecule has 0 aromatic heterocycles. The van der Waals surface area contributed by atoms with Crippen LogP contribution in [0.25, 0.3) is 0 Å². The Morgan fingerprint density at radius 3 is 2.52 bits per heavy atom. The molecule has 2 unspecified atom stereocenters. The molecule has 0 aliphatic carbocycles. The van der Waals surface area contributed by atoms with Gasteiger partial charge in [0.1, 0.15) is 5.75 Å². The van der Waals surface area contributed by atoms with Gasteiger partial charge in [0.05, 0.1) is 12.0 Å². The number of carboxylic acids is 1. The molecule has 1 saturated heterocycles. The second-order valence-corrected chi connectivity index (χ2v) is 5.39. The number of nitrogens with one attached hydrogen (secondary N) is 1. The molecule has 1 heterocycles. The molecule has 2 rings (SSSR count). The molecular weight excluding hydrogens is 310 g/mol. The molecule has 2 atom stereocenters. The van der Waals surface area contributed by atoms with E-state index in [1.54, 1.807) is 6.92 Å². The lowest BCUT2D eigenvalue weighted by Crippen LogP contribution is -2.41. The number of carbonyl (C=O) groups is 2. The normalized spacial score (nSPS) is 19.6. The first-order valence-electron chi connectivity index (χ1n) is 7.19. The quantitative estimate of drug-likeness (QED) is 0.835. The number of likely N-dealkylation sites (tertiary alicyclic amines) is 1. The molecule has 1 fully saturated rings. The largest absolute Gasteiger partial charge is 0.481 e. The van der Waals surface area contributed by atoms with Crippen molar-refractivity contribution in [3.05, 3.63) is 24.3 Å². The fraction of sp³-hybridized carbons (Fsp3) is 0.467. The lowest BCUT2D eigenvalue weighted by molar-refractivity contribution is -0.141. The zero-order chi connectivity index (χ0) is 17.0. The summed E-state index contributed by atoms with van der Waals surface area (Å²) in [6, 6.07) is 5.13. The molecule has 1 aliphatic heterocycles. The second-order valence-electron chi connectivity index (χ2n) is 5.39. The molecule has 0 bridgehead atoms. The summed E-state index contributed by atoms with van der Waals surface area (Å²) in [6.45, 7) is -0.307. The van der Waals surface area contributed by atoms with Crippen molar-refractivity contribution in [3.63, 3.8) is 0 Å². The molecule has 2 N–H and O–H groups in total. The molecule has 1 aliphatic rings. The van der Waals surface area contributed by atoms with Gasteiger partial charge in [-0.25, -0.2) is 0 Å². The molecule has 1 aromatic carbocycles. The maximum Gasteiger partial charge on any atom is 0.387 e. The van der Waals surface area contributed by atoms with E-state index in [9.17, 15) is 18.4 Å². The van der Waals surface area contributed by atoms with E-state index in [1.165, 1.54) is 24.3 Å². The van der Waals surface area contributed by atoms with Crippen molar-refractivity contribution in [1.29, 1.82) is 0 Å². The summed E-state index contributed by atoms with van der Waals surface area (Å²) in [5.41, 5.74) is 0.456. The minimum Gasteiger partial charge on any atom is -0.481 e. The maximum absolute atomic E-state index is 12.2. The Hall–Kier alpha value is -2.22. The maximum atomic E-state index is 12.2. The van der Waals surface area contributed by atoms with Gasteiger partial charge in [0.2, 0.25) is 5.91 Å². The van der Waals surface area contributed by atoms with Crippen LogP contribution in [-0.2, 0) is 9.59 Å². The van der Waals surface area contributed by atoms with Crippen molar-refractivity contribution in [2.24, 2.45) is 5.92 Å². The smallest absolute Gasteiger partial charge is 0.387 e. The Labute approximate surface area is 132 Å². The van der Waals surface area contributed by atoms with Crippen molar-refractivity contribution >= 4 is 17.6 Å². The van der Waals surface area contributed by atoms with Crippen molar-refractivity contribution < 1.29 is 28.2 Å². The lowest BCUT2D eigenvalue weighted by Gasteiger charge is -2.23. The number of carbonyl (C=O) groups excluding carboxylic acids is 1. The lowest BCUT2D eigenvalue weighted by atomic mass is 10.1. The van der Waals surface area contributed by atoms with Gasteiger partial charge in [0.25, 0.3) is 0 Å². The third-order valence-electron chi connectivity index (χ3n) is 3.84. The first kappa shape index (κ1) is 17.1. The SMILES string of the molecule is CC(C(=O)Nc1ccc(OC(F)F)cc1)N1CCC(C(=O)O)C1. The van der Waals surface area contributed by atoms with Crippen LogP contribution in [0.5, 0.6) is 5.75 Å². The molecular formula is C15H18F2N2O4. The molecule has 1 aromatic rings. The zero-order valence-corrected chi connectivity index (χ0v) is 12.5. The van der Waals surface area contributed by atoms with E-state index in [0.717, 1.165) is 0 Å². The number of hydrogen-bond acceptors (Lipinski definition) is 4. The average molecular weight is 328 g/mol. The summed E-state index contributed by atoms with van der Waals surface area (Å²) in [5, 5.41) is 11.7. The van der Waals surface area contributed by atoms with E-state index in [-0.39, 0.29) is 11.7 Å². The Morgan fingerprint density at radius 1 is 1.35 bits per heavy atom. The van der Waals surface area contributed by atoms with Gasteiger partial charge in [-0.2, -0.15) is 8.78 Å². The number of amides is 1. The van der Waals surface area contributed by atoms with E-state index >= 15 is 0 Å². The zero-order valence-electron chi connectivity index (χ0n) is 12.5.